The number of carbonyl (C=O) groups is 2. The van der Waals surface area contributed by atoms with E-state index in [1.165, 1.54) is 0 Å². The molecule has 1 aliphatic rings. The lowest BCUT2D eigenvalue weighted by Crippen LogP contribution is -2.35. The Morgan fingerprint density at radius 3 is 2.29 bits per heavy atom. The molecule has 6 heteroatoms. The first-order valence-electron chi connectivity index (χ1n) is 7.33. The lowest BCUT2D eigenvalue weighted by Gasteiger charge is -2.29. The minimum atomic E-state index is -1.25. The van der Waals surface area contributed by atoms with Gasteiger partial charge in [-0.15, -0.1) is 0 Å². The van der Waals surface area contributed by atoms with Gasteiger partial charge in [0.1, 0.15) is 5.82 Å². The number of carboxylic acids is 2. The fourth-order valence-electron chi connectivity index (χ4n) is 3.19. The molecule has 6 nitrogen and oxygen atoms in total. The summed E-state index contributed by atoms with van der Waals surface area (Å²) >= 11 is 0. The normalized spacial score (nSPS) is 17.8. The summed E-state index contributed by atoms with van der Waals surface area (Å²) in [6.45, 7) is 1.58. The molecule has 0 aromatic heterocycles. The monoisotopic (exact) mass is 324 g/mol. The van der Waals surface area contributed by atoms with Crippen LogP contribution in [-0.4, -0.2) is 22.2 Å². The number of hydrogen-bond donors (Lipinski definition) is 4. The topological polar surface area (TPSA) is 113 Å². The summed E-state index contributed by atoms with van der Waals surface area (Å²) in [7, 11) is 0. The van der Waals surface area contributed by atoms with E-state index >= 15 is 0 Å². The second-order valence-electron chi connectivity index (χ2n) is 5.60. The third-order valence-corrected chi connectivity index (χ3v) is 4.19. The molecule has 5 N–H and O–H groups in total. The molecular weight excluding hydrogens is 308 g/mol. The van der Waals surface area contributed by atoms with Crippen LogP contribution in [-0.2, 0) is 9.59 Å². The third kappa shape index (κ3) is 2.38. The van der Waals surface area contributed by atoms with E-state index in [-0.39, 0.29) is 17.0 Å². The first-order chi connectivity index (χ1) is 11.4. The number of fused-ring (bicyclic) bond motifs is 1. The molecule has 2 aromatic carbocycles. The van der Waals surface area contributed by atoms with Crippen molar-refractivity contribution in [3.8, 4) is 0 Å². The Morgan fingerprint density at radius 1 is 1.00 bits per heavy atom. The molecule has 0 aliphatic carbocycles. The highest BCUT2D eigenvalue weighted by Gasteiger charge is 2.37. The minimum absolute atomic E-state index is 0.0158. The van der Waals surface area contributed by atoms with Crippen molar-refractivity contribution < 1.29 is 19.8 Å². The van der Waals surface area contributed by atoms with Crippen molar-refractivity contribution in [1.82, 2.24) is 5.32 Å². The van der Waals surface area contributed by atoms with Gasteiger partial charge >= 0.3 is 11.9 Å². The predicted octanol–water partition coefficient (Wildman–Crippen LogP) is 2.14. The Balaban J connectivity index is 2.35. The number of carboxylic acid groups (broad SMARTS) is 2. The van der Waals surface area contributed by atoms with Crippen LogP contribution in [0.2, 0.25) is 0 Å². The van der Waals surface area contributed by atoms with Gasteiger partial charge in [0.25, 0.3) is 0 Å². The van der Waals surface area contributed by atoms with Crippen LogP contribution >= 0.6 is 0 Å². The van der Waals surface area contributed by atoms with Gasteiger partial charge in [-0.3, -0.25) is 0 Å². The van der Waals surface area contributed by atoms with Crippen LogP contribution in [0, 0.1) is 0 Å². The highest BCUT2D eigenvalue weighted by atomic mass is 16.4. The van der Waals surface area contributed by atoms with E-state index in [0.29, 0.717) is 11.3 Å². The fourth-order valence-corrected chi connectivity index (χ4v) is 3.19. The highest BCUT2D eigenvalue weighted by Crippen LogP contribution is 2.40. The summed E-state index contributed by atoms with van der Waals surface area (Å²) in [4.78, 5) is 23.6. The van der Waals surface area contributed by atoms with Crippen molar-refractivity contribution in [3.63, 3.8) is 0 Å². The van der Waals surface area contributed by atoms with E-state index in [9.17, 15) is 19.8 Å². The van der Waals surface area contributed by atoms with Gasteiger partial charge < -0.3 is 21.3 Å². The molecule has 0 spiro atoms. The van der Waals surface area contributed by atoms with Crippen molar-refractivity contribution in [1.29, 1.82) is 0 Å². The lowest BCUT2D eigenvalue weighted by atomic mass is 9.79. The smallest absolute Gasteiger partial charge is 0.336 e. The van der Waals surface area contributed by atoms with Crippen LogP contribution in [0.3, 0.4) is 0 Å². The molecule has 0 bridgehead atoms. The Morgan fingerprint density at radius 2 is 1.62 bits per heavy atom. The molecule has 0 saturated carbocycles. The second-order valence-corrected chi connectivity index (χ2v) is 5.60. The zero-order valence-electron chi connectivity index (χ0n) is 12.9. The number of hydrogen-bond acceptors (Lipinski definition) is 4. The second kappa shape index (κ2) is 5.73. The first kappa shape index (κ1) is 15.6. The summed E-state index contributed by atoms with van der Waals surface area (Å²) in [5.41, 5.74) is 6.63. The van der Waals surface area contributed by atoms with Crippen molar-refractivity contribution in [3.05, 3.63) is 70.7 Å². The molecule has 24 heavy (non-hydrogen) atoms. The van der Waals surface area contributed by atoms with Gasteiger partial charge in [0.15, 0.2) is 0 Å². The standard InChI is InChI=1S/C18H16N2O4/c1-9-13(17(21)22)14(15(18(23)24)16(19)20-9)12-8-4-6-10-5-2-3-7-11(10)12/h2-8,14,20H,19H2,1H3,(H,21,22)(H,23,24). The molecule has 3 rings (SSSR count). The molecule has 122 valence electrons. The Bertz CT molecular complexity index is 886. The lowest BCUT2D eigenvalue weighted by molar-refractivity contribution is -0.133. The number of nitrogens with two attached hydrogens (primary N) is 1. The number of aliphatic carboxylic acids is 2. The van der Waals surface area contributed by atoms with Gasteiger partial charge in [-0.05, 0) is 23.3 Å². The Labute approximate surface area is 137 Å². The molecule has 1 heterocycles. The van der Waals surface area contributed by atoms with Crippen LogP contribution in [0.15, 0.2) is 65.1 Å². The SMILES string of the molecule is CC1=C(C(=O)O)C(c2cccc3ccccc23)C(C(=O)O)=C(N)N1. The molecule has 0 saturated heterocycles. The fraction of sp³-hybridized carbons (Fsp3) is 0.111. The van der Waals surface area contributed by atoms with Crippen LogP contribution in [0.5, 0.6) is 0 Å². The number of rotatable bonds is 3. The van der Waals surface area contributed by atoms with Crippen LogP contribution in [0.4, 0.5) is 0 Å². The Kier molecular flexibility index (Phi) is 3.73. The summed E-state index contributed by atoms with van der Waals surface area (Å²) in [5.74, 6) is -3.41. The number of allylic oxidation sites excluding steroid dienone is 1. The molecule has 1 atom stereocenters. The minimum Gasteiger partial charge on any atom is -0.478 e. The van der Waals surface area contributed by atoms with Crippen molar-refractivity contribution in [2.45, 2.75) is 12.8 Å². The molecule has 1 aliphatic heterocycles. The van der Waals surface area contributed by atoms with Gasteiger partial charge in [-0.25, -0.2) is 9.59 Å². The maximum atomic E-state index is 11.8. The highest BCUT2D eigenvalue weighted by molar-refractivity contribution is 6.00. The van der Waals surface area contributed by atoms with Gasteiger partial charge in [0.05, 0.1) is 17.1 Å². The van der Waals surface area contributed by atoms with E-state index in [0.717, 1.165) is 10.8 Å². The van der Waals surface area contributed by atoms with Gasteiger partial charge in [0.2, 0.25) is 0 Å². The van der Waals surface area contributed by atoms with Gasteiger partial charge in [-0.2, -0.15) is 0 Å². The summed E-state index contributed by atoms with van der Waals surface area (Å²) in [6, 6.07) is 12.9. The van der Waals surface area contributed by atoms with E-state index < -0.39 is 17.9 Å². The molecule has 1 unspecified atom stereocenters. The molecular formula is C18H16N2O4. The molecule has 0 radical (unpaired) electrons. The maximum Gasteiger partial charge on any atom is 0.336 e. The molecule has 0 amide bonds. The van der Waals surface area contributed by atoms with E-state index in [2.05, 4.69) is 5.32 Å². The quantitative estimate of drug-likeness (QED) is 0.688. The van der Waals surface area contributed by atoms with E-state index in [1.807, 2.05) is 30.3 Å². The first-order valence-corrected chi connectivity index (χ1v) is 7.33. The number of nitrogens with one attached hydrogen (secondary N) is 1. The zero-order valence-corrected chi connectivity index (χ0v) is 12.9. The van der Waals surface area contributed by atoms with Crippen molar-refractivity contribution in [2.24, 2.45) is 5.73 Å². The van der Waals surface area contributed by atoms with E-state index in [1.54, 1.807) is 19.1 Å². The number of dihydropyridines is 1. The van der Waals surface area contributed by atoms with Gasteiger partial charge in [-0.1, -0.05) is 42.5 Å². The van der Waals surface area contributed by atoms with Crippen molar-refractivity contribution >= 4 is 22.7 Å². The average Bonchev–Trinajstić information content (AvgIpc) is 2.52. The van der Waals surface area contributed by atoms with Gasteiger partial charge in [0, 0.05) is 5.70 Å². The van der Waals surface area contributed by atoms with Crippen LogP contribution < -0.4 is 11.1 Å². The molecule has 0 fully saturated rings. The van der Waals surface area contributed by atoms with E-state index in [4.69, 9.17) is 5.73 Å². The van der Waals surface area contributed by atoms with Crippen LogP contribution in [0.25, 0.3) is 10.8 Å². The third-order valence-electron chi connectivity index (χ3n) is 4.19. The Hall–Kier alpha value is -3.28. The van der Waals surface area contributed by atoms with Crippen LogP contribution in [0.1, 0.15) is 18.4 Å². The predicted molar refractivity (Wildman–Crippen MR) is 89.0 cm³/mol. The number of benzene rings is 2. The largest absolute Gasteiger partial charge is 0.478 e. The summed E-state index contributed by atoms with van der Waals surface area (Å²) in [6.07, 6.45) is 0. The van der Waals surface area contributed by atoms with Crippen molar-refractivity contribution in [2.75, 3.05) is 0 Å². The summed E-state index contributed by atoms with van der Waals surface area (Å²) in [5, 5.41) is 23.6. The average molecular weight is 324 g/mol. The molecule has 2 aromatic rings. The summed E-state index contributed by atoms with van der Waals surface area (Å²) < 4.78 is 0. The maximum absolute atomic E-state index is 11.8. The zero-order chi connectivity index (χ0) is 17.4.